The van der Waals surface area contributed by atoms with Gasteiger partial charge in [0.25, 0.3) is 5.91 Å². The van der Waals surface area contributed by atoms with Crippen molar-refractivity contribution in [2.24, 2.45) is 23.7 Å². The lowest BCUT2D eigenvalue weighted by atomic mass is 9.81. The van der Waals surface area contributed by atoms with E-state index in [4.69, 9.17) is 0 Å². The topological polar surface area (TPSA) is 123 Å². The van der Waals surface area contributed by atoms with Crippen molar-refractivity contribution < 1.29 is 37.6 Å². The highest BCUT2D eigenvalue weighted by molar-refractivity contribution is 5.85. The van der Waals surface area contributed by atoms with Gasteiger partial charge in [-0.25, -0.2) is 4.79 Å². The van der Waals surface area contributed by atoms with Crippen LogP contribution in [0.3, 0.4) is 0 Å². The first-order chi connectivity index (χ1) is 12.6. The average Bonchev–Trinajstić information content (AvgIpc) is 2.64. The Kier molecular flexibility index (Phi) is 12.4. The second-order valence-electron chi connectivity index (χ2n) is 8.48. The first-order valence-electron chi connectivity index (χ1n) is 10.3. The van der Waals surface area contributed by atoms with Gasteiger partial charge in [-0.1, -0.05) is 27.7 Å². The molecule has 0 spiro atoms. The van der Waals surface area contributed by atoms with Crippen molar-refractivity contribution in [2.75, 3.05) is 6.54 Å². The first kappa shape index (κ1) is 26.7. The number of carbonyl (C=O) groups excluding carboxylic acids is 2. The molecule has 1 aliphatic rings. The van der Waals surface area contributed by atoms with Crippen LogP contribution in [0.5, 0.6) is 0 Å². The smallest absolute Gasteiger partial charge is 0.326 e. The van der Waals surface area contributed by atoms with Gasteiger partial charge in [0.15, 0.2) is 6.04 Å². The predicted octanol–water partition coefficient (Wildman–Crippen LogP) is -1.81. The minimum atomic E-state index is -0.975. The van der Waals surface area contributed by atoms with E-state index in [-0.39, 0.29) is 48.0 Å². The van der Waals surface area contributed by atoms with Gasteiger partial charge < -0.3 is 33.9 Å². The molecule has 0 saturated heterocycles. The zero-order valence-electron chi connectivity index (χ0n) is 17.7. The Hall–Kier alpha value is -1.34. The summed E-state index contributed by atoms with van der Waals surface area (Å²) in [5, 5.41) is 15.0. The van der Waals surface area contributed by atoms with Gasteiger partial charge in [0, 0.05) is 18.4 Å². The molecule has 7 nitrogen and oxygen atoms in total. The molecular formula is C20H38ClN3O4. The van der Waals surface area contributed by atoms with Gasteiger partial charge in [0.2, 0.25) is 5.91 Å². The molecule has 1 unspecified atom stereocenters. The summed E-state index contributed by atoms with van der Waals surface area (Å²) in [6.07, 6.45) is 4.57. The summed E-state index contributed by atoms with van der Waals surface area (Å²) >= 11 is 0. The van der Waals surface area contributed by atoms with Crippen molar-refractivity contribution in [3.63, 3.8) is 0 Å². The molecule has 0 aliphatic heterocycles. The van der Waals surface area contributed by atoms with Crippen LogP contribution in [-0.2, 0) is 14.4 Å². The van der Waals surface area contributed by atoms with Gasteiger partial charge >= 0.3 is 5.97 Å². The maximum absolute atomic E-state index is 12.4. The lowest BCUT2D eigenvalue weighted by Gasteiger charge is -2.29. The van der Waals surface area contributed by atoms with Crippen molar-refractivity contribution in [1.82, 2.24) is 10.6 Å². The Balaban J connectivity index is 0.00000729. The highest BCUT2D eigenvalue weighted by Gasteiger charge is 2.30. The maximum Gasteiger partial charge on any atom is 0.326 e. The van der Waals surface area contributed by atoms with Gasteiger partial charge in [0.1, 0.15) is 6.04 Å². The van der Waals surface area contributed by atoms with Crippen molar-refractivity contribution in [3.8, 4) is 0 Å². The third kappa shape index (κ3) is 8.78. The first-order valence-corrected chi connectivity index (χ1v) is 10.3. The zero-order chi connectivity index (χ0) is 20.6. The number of hydrogen-bond acceptors (Lipinski definition) is 3. The van der Waals surface area contributed by atoms with Crippen LogP contribution in [0.1, 0.15) is 66.2 Å². The largest absolute Gasteiger partial charge is 1.00 e. The monoisotopic (exact) mass is 419 g/mol. The van der Waals surface area contributed by atoms with Crippen molar-refractivity contribution in [2.45, 2.75) is 78.3 Å². The van der Waals surface area contributed by atoms with Crippen LogP contribution in [0, 0.1) is 23.7 Å². The minimum Gasteiger partial charge on any atom is -1.00 e. The molecule has 0 bridgehead atoms. The van der Waals surface area contributed by atoms with Crippen LogP contribution in [0.4, 0.5) is 0 Å². The lowest BCUT2D eigenvalue weighted by molar-refractivity contribution is -0.415. The van der Waals surface area contributed by atoms with Gasteiger partial charge in [-0.15, -0.1) is 0 Å². The molecule has 0 aromatic carbocycles. The van der Waals surface area contributed by atoms with E-state index in [1.807, 2.05) is 20.8 Å². The molecule has 1 aliphatic carbocycles. The SMILES string of the molecule is CCC(C)[C@H]([NH3+])C(=O)NCC1CCC(C(=O)N[C@H](CC(C)C)C(=O)O)CC1.[Cl-]. The molecule has 28 heavy (non-hydrogen) atoms. The number of rotatable bonds is 10. The highest BCUT2D eigenvalue weighted by atomic mass is 35.5. The molecule has 2 amide bonds. The number of nitrogens with one attached hydrogen (secondary N) is 2. The summed E-state index contributed by atoms with van der Waals surface area (Å²) in [5.41, 5.74) is 3.96. The molecular weight excluding hydrogens is 382 g/mol. The minimum absolute atomic E-state index is 0. The van der Waals surface area contributed by atoms with Crippen molar-refractivity contribution in [3.05, 3.63) is 0 Å². The molecule has 6 N–H and O–H groups in total. The van der Waals surface area contributed by atoms with Crippen LogP contribution in [0.15, 0.2) is 0 Å². The van der Waals surface area contributed by atoms with Crippen LogP contribution in [-0.4, -0.2) is 41.5 Å². The molecule has 164 valence electrons. The van der Waals surface area contributed by atoms with Gasteiger partial charge in [-0.05, 0) is 50.4 Å². The van der Waals surface area contributed by atoms with Gasteiger partial charge in [0.05, 0.1) is 0 Å². The van der Waals surface area contributed by atoms with Gasteiger partial charge in [-0.2, -0.15) is 0 Å². The van der Waals surface area contributed by atoms with Crippen LogP contribution in [0.25, 0.3) is 0 Å². The van der Waals surface area contributed by atoms with E-state index in [9.17, 15) is 19.5 Å². The summed E-state index contributed by atoms with van der Waals surface area (Å²) < 4.78 is 0. The predicted molar refractivity (Wildman–Crippen MR) is 104 cm³/mol. The maximum atomic E-state index is 12.4. The Morgan fingerprint density at radius 1 is 1.11 bits per heavy atom. The molecule has 3 atom stereocenters. The molecule has 1 saturated carbocycles. The fraction of sp³-hybridized carbons (Fsp3) is 0.850. The summed E-state index contributed by atoms with van der Waals surface area (Å²) in [6, 6.07) is -1.05. The normalized spacial score (nSPS) is 22.5. The summed E-state index contributed by atoms with van der Waals surface area (Å²) in [7, 11) is 0. The van der Waals surface area contributed by atoms with Gasteiger partial charge in [-0.3, -0.25) is 9.59 Å². The number of carbonyl (C=O) groups is 3. The lowest BCUT2D eigenvalue weighted by Crippen LogP contribution is -3.00. The van der Waals surface area contributed by atoms with E-state index < -0.39 is 12.0 Å². The summed E-state index contributed by atoms with van der Waals surface area (Å²) in [5.74, 6) is -0.421. The third-order valence-electron chi connectivity index (χ3n) is 5.77. The number of aliphatic carboxylic acids is 1. The Bertz CT molecular complexity index is 508. The number of hydrogen-bond donors (Lipinski definition) is 4. The summed E-state index contributed by atoms with van der Waals surface area (Å²) in [6.45, 7) is 8.60. The van der Waals surface area contributed by atoms with E-state index in [1.165, 1.54) is 0 Å². The average molecular weight is 420 g/mol. The van der Waals surface area contributed by atoms with E-state index in [0.29, 0.717) is 18.9 Å². The number of halogens is 1. The van der Waals surface area contributed by atoms with Crippen LogP contribution in [0.2, 0.25) is 0 Å². The quantitative estimate of drug-likeness (QED) is 0.333. The molecule has 1 fully saturated rings. The number of carboxylic acids is 1. The molecule has 0 heterocycles. The molecule has 0 radical (unpaired) electrons. The molecule has 0 aromatic heterocycles. The highest BCUT2D eigenvalue weighted by Crippen LogP contribution is 2.28. The third-order valence-corrected chi connectivity index (χ3v) is 5.77. The summed E-state index contributed by atoms with van der Waals surface area (Å²) in [4.78, 5) is 35.9. The fourth-order valence-corrected chi connectivity index (χ4v) is 3.53. The van der Waals surface area contributed by atoms with E-state index in [1.54, 1.807) is 0 Å². The van der Waals surface area contributed by atoms with E-state index >= 15 is 0 Å². The Morgan fingerprint density at radius 2 is 1.68 bits per heavy atom. The van der Waals surface area contributed by atoms with E-state index in [2.05, 4.69) is 23.3 Å². The Morgan fingerprint density at radius 3 is 2.14 bits per heavy atom. The second-order valence-corrected chi connectivity index (χ2v) is 8.48. The van der Waals surface area contributed by atoms with Crippen LogP contribution < -0.4 is 28.8 Å². The molecule has 0 aromatic rings. The van der Waals surface area contributed by atoms with Crippen LogP contribution >= 0.6 is 0 Å². The number of quaternary nitrogens is 1. The zero-order valence-corrected chi connectivity index (χ0v) is 18.4. The number of carboxylic acid groups (broad SMARTS) is 1. The van der Waals surface area contributed by atoms with Crippen molar-refractivity contribution in [1.29, 1.82) is 0 Å². The fourth-order valence-electron chi connectivity index (χ4n) is 3.53. The standard InChI is InChI=1S/C20H37N3O4.ClH/c1-5-13(4)17(21)19(25)22-11-14-6-8-15(9-7-14)18(24)23-16(20(26)27)10-12(2)3;/h12-17H,5-11,21H2,1-4H3,(H,22,25)(H,23,24)(H,26,27);1H/t13?,14?,15?,16-,17+;/m1./s1. The molecule has 8 heteroatoms. The molecule has 1 rings (SSSR count). The van der Waals surface area contributed by atoms with E-state index in [0.717, 1.165) is 32.1 Å². The second kappa shape index (κ2) is 13.0. The van der Waals surface area contributed by atoms with Crippen molar-refractivity contribution >= 4 is 17.8 Å². The number of amides is 2. The Labute approximate surface area is 175 Å².